The smallest absolute Gasteiger partial charge is 0.255 e. The van der Waals surface area contributed by atoms with Crippen molar-refractivity contribution in [3.63, 3.8) is 0 Å². The predicted octanol–water partition coefficient (Wildman–Crippen LogP) is 3.72. The summed E-state index contributed by atoms with van der Waals surface area (Å²) in [5, 5.41) is 11.6. The molecule has 0 bridgehead atoms. The molecule has 0 radical (unpaired) electrons. The third kappa shape index (κ3) is 3.32. The van der Waals surface area contributed by atoms with Crippen LogP contribution in [0.3, 0.4) is 0 Å². The summed E-state index contributed by atoms with van der Waals surface area (Å²) in [6.07, 6.45) is 0. The van der Waals surface area contributed by atoms with Gasteiger partial charge in [0.15, 0.2) is 0 Å². The SMILES string of the molecule is Cc1ccc(NC(=O)c2cccc(C#N)c2)cc1I. The molecule has 0 aromatic heterocycles. The highest BCUT2D eigenvalue weighted by Gasteiger charge is 2.07. The summed E-state index contributed by atoms with van der Waals surface area (Å²) >= 11 is 2.23. The molecule has 0 atom stereocenters. The van der Waals surface area contributed by atoms with Gasteiger partial charge in [-0.3, -0.25) is 4.79 Å². The van der Waals surface area contributed by atoms with Crippen LogP contribution in [-0.4, -0.2) is 5.91 Å². The van der Waals surface area contributed by atoms with E-state index in [0.717, 1.165) is 9.26 Å². The first-order valence-corrected chi connectivity index (χ1v) is 6.75. The van der Waals surface area contributed by atoms with E-state index in [4.69, 9.17) is 5.26 Å². The van der Waals surface area contributed by atoms with E-state index < -0.39 is 0 Å². The topological polar surface area (TPSA) is 52.9 Å². The van der Waals surface area contributed by atoms with Crippen molar-refractivity contribution >= 4 is 34.2 Å². The van der Waals surface area contributed by atoms with Crippen LogP contribution in [0.25, 0.3) is 0 Å². The van der Waals surface area contributed by atoms with E-state index in [0.29, 0.717) is 11.1 Å². The number of anilines is 1. The second-order valence-corrected chi connectivity index (χ2v) is 5.27. The van der Waals surface area contributed by atoms with Crippen molar-refractivity contribution in [1.29, 1.82) is 5.26 Å². The molecule has 0 saturated carbocycles. The van der Waals surface area contributed by atoms with Gasteiger partial charge in [-0.2, -0.15) is 5.26 Å². The number of halogens is 1. The number of amides is 1. The summed E-state index contributed by atoms with van der Waals surface area (Å²) in [5.41, 5.74) is 2.88. The Balaban J connectivity index is 2.21. The summed E-state index contributed by atoms with van der Waals surface area (Å²) in [6.45, 7) is 2.02. The number of carbonyl (C=O) groups excluding carboxylic acids is 1. The Morgan fingerprint density at radius 1 is 1.26 bits per heavy atom. The van der Waals surface area contributed by atoms with E-state index in [-0.39, 0.29) is 5.91 Å². The minimum absolute atomic E-state index is 0.211. The summed E-state index contributed by atoms with van der Waals surface area (Å²) in [5.74, 6) is -0.211. The van der Waals surface area contributed by atoms with Crippen molar-refractivity contribution in [2.75, 3.05) is 5.32 Å². The van der Waals surface area contributed by atoms with Crippen molar-refractivity contribution in [1.82, 2.24) is 0 Å². The molecule has 19 heavy (non-hydrogen) atoms. The van der Waals surface area contributed by atoms with Gasteiger partial charge in [0.25, 0.3) is 5.91 Å². The highest BCUT2D eigenvalue weighted by molar-refractivity contribution is 14.1. The molecule has 0 fully saturated rings. The normalized spacial score (nSPS) is 9.74. The van der Waals surface area contributed by atoms with Gasteiger partial charge in [0, 0.05) is 14.8 Å². The molecule has 2 aromatic carbocycles. The zero-order chi connectivity index (χ0) is 13.8. The molecule has 2 rings (SSSR count). The number of rotatable bonds is 2. The number of nitrogens with zero attached hydrogens (tertiary/aromatic N) is 1. The quantitative estimate of drug-likeness (QED) is 0.828. The Morgan fingerprint density at radius 3 is 2.74 bits per heavy atom. The molecule has 0 unspecified atom stereocenters. The van der Waals surface area contributed by atoms with Crippen LogP contribution in [0.4, 0.5) is 5.69 Å². The van der Waals surface area contributed by atoms with Crippen molar-refractivity contribution < 1.29 is 4.79 Å². The molecule has 3 nitrogen and oxygen atoms in total. The van der Waals surface area contributed by atoms with Gasteiger partial charge in [-0.25, -0.2) is 0 Å². The number of carbonyl (C=O) groups is 1. The predicted molar refractivity (Wildman–Crippen MR) is 83.0 cm³/mol. The van der Waals surface area contributed by atoms with E-state index in [1.54, 1.807) is 24.3 Å². The lowest BCUT2D eigenvalue weighted by molar-refractivity contribution is 0.102. The van der Waals surface area contributed by atoms with E-state index in [9.17, 15) is 4.79 Å². The second kappa shape index (κ2) is 5.85. The Labute approximate surface area is 125 Å². The number of nitrogens with one attached hydrogen (secondary N) is 1. The minimum atomic E-state index is -0.211. The maximum Gasteiger partial charge on any atom is 0.255 e. The lowest BCUT2D eigenvalue weighted by Crippen LogP contribution is -2.12. The van der Waals surface area contributed by atoms with E-state index in [2.05, 4.69) is 27.9 Å². The fourth-order valence-electron chi connectivity index (χ4n) is 1.60. The van der Waals surface area contributed by atoms with Gasteiger partial charge in [-0.1, -0.05) is 12.1 Å². The van der Waals surface area contributed by atoms with E-state index in [1.165, 1.54) is 5.56 Å². The minimum Gasteiger partial charge on any atom is -0.322 e. The Kier molecular flexibility index (Phi) is 4.17. The molecule has 94 valence electrons. The van der Waals surface area contributed by atoms with Crippen LogP contribution >= 0.6 is 22.6 Å². The zero-order valence-corrected chi connectivity index (χ0v) is 12.4. The number of hydrogen-bond donors (Lipinski definition) is 1. The van der Waals surface area contributed by atoms with Crippen LogP contribution < -0.4 is 5.32 Å². The third-order valence-corrected chi connectivity index (χ3v) is 3.85. The maximum atomic E-state index is 12.1. The first-order valence-electron chi connectivity index (χ1n) is 5.68. The van der Waals surface area contributed by atoms with E-state index >= 15 is 0 Å². The summed E-state index contributed by atoms with van der Waals surface area (Å²) < 4.78 is 1.10. The van der Waals surface area contributed by atoms with Crippen molar-refractivity contribution in [2.24, 2.45) is 0 Å². The van der Waals surface area contributed by atoms with E-state index in [1.807, 2.05) is 31.2 Å². The van der Waals surface area contributed by atoms with Crippen molar-refractivity contribution in [2.45, 2.75) is 6.92 Å². The first-order chi connectivity index (χ1) is 9.10. The molecule has 0 spiro atoms. The second-order valence-electron chi connectivity index (χ2n) is 4.11. The van der Waals surface area contributed by atoms with Crippen LogP contribution in [0.1, 0.15) is 21.5 Å². The van der Waals surface area contributed by atoms with Crippen LogP contribution in [-0.2, 0) is 0 Å². The fourth-order valence-corrected chi connectivity index (χ4v) is 2.12. The molecule has 0 aliphatic carbocycles. The highest BCUT2D eigenvalue weighted by atomic mass is 127. The Bertz CT molecular complexity index is 674. The van der Waals surface area contributed by atoms with Crippen LogP contribution in [0.5, 0.6) is 0 Å². The monoisotopic (exact) mass is 362 g/mol. The van der Waals surface area contributed by atoms with Gasteiger partial charge < -0.3 is 5.32 Å². The Hall–Kier alpha value is -1.87. The van der Waals surface area contributed by atoms with Gasteiger partial charge in [-0.05, 0) is 65.4 Å². The van der Waals surface area contributed by atoms with Gasteiger partial charge in [0.1, 0.15) is 0 Å². The molecular weight excluding hydrogens is 351 g/mol. The van der Waals surface area contributed by atoms with Crippen LogP contribution in [0, 0.1) is 21.8 Å². The number of hydrogen-bond acceptors (Lipinski definition) is 2. The fraction of sp³-hybridized carbons (Fsp3) is 0.0667. The average molecular weight is 362 g/mol. The van der Waals surface area contributed by atoms with Gasteiger partial charge in [0.05, 0.1) is 11.6 Å². The standard InChI is InChI=1S/C15H11IN2O/c1-10-5-6-13(8-14(10)16)18-15(19)12-4-2-3-11(7-12)9-17/h2-8H,1H3,(H,18,19). The first kappa shape index (κ1) is 13.6. The lowest BCUT2D eigenvalue weighted by Gasteiger charge is -2.07. The van der Waals surface area contributed by atoms with Crippen molar-refractivity contribution in [3.8, 4) is 6.07 Å². The Morgan fingerprint density at radius 2 is 2.05 bits per heavy atom. The van der Waals surface area contributed by atoms with Gasteiger partial charge >= 0.3 is 0 Å². The molecule has 0 aliphatic rings. The molecule has 0 saturated heterocycles. The van der Waals surface area contributed by atoms with Gasteiger partial charge in [0.2, 0.25) is 0 Å². The average Bonchev–Trinajstić information content (AvgIpc) is 2.43. The van der Waals surface area contributed by atoms with Crippen molar-refractivity contribution in [3.05, 3.63) is 62.7 Å². The number of aryl methyl sites for hydroxylation is 1. The molecule has 1 N–H and O–H groups in total. The summed E-state index contributed by atoms with van der Waals surface area (Å²) in [7, 11) is 0. The third-order valence-electron chi connectivity index (χ3n) is 2.68. The summed E-state index contributed by atoms with van der Waals surface area (Å²) in [4.78, 5) is 12.1. The molecule has 4 heteroatoms. The lowest BCUT2D eigenvalue weighted by atomic mass is 10.1. The molecule has 0 aliphatic heterocycles. The molecule has 1 amide bonds. The number of benzene rings is 2. The highest BCUT2D eigenvalue weighted by Crippen LogP contribution is 2.18. The molecule has 0 heterocycles. The molecule has 2 aromatic rings. The number of nitriles is 1. The van der Waals surface area contributed by atoms with Gasteiger partial charge in [-0.15, -0.1) is 0 Å². The largest absolute Gasteiger partial charge is 0.322 e. The van der Waals surface area contributed by atoms with Crippen LogP contribution in [0.15, 0.2) is 42.5 Å². The maximum absolute atomic E-state index is 12.1. The molecular formula is C15H11IN2O. The zero-order valence-electron chi connectivity index (χ0n) is 10.3. The van der Waals surface area contributed by atoms with Crippen LogP contribution in [0.2, 0.25) is 0 Å². The summed E-state index contributed by atoms with van der Waals surface area (Å²) in [6, 6.07) is 14.4.